The Balaban J connectivity index is 2.55. The molecule has 1 rings (SSSR count). The molecule has 1 aromatic rings. The minimum atomic E-state index is -0.814. The molecular weight excluding hydrogens is 196 g/mol. The largest absolute Gasteiger partial charge is 0.481 e. The number of aliphatic carboxylic acids is 1. The van der Waals surface area contributed by atoms with E-state index in [2.05, 4.69) is 15.6 Å². The van der Waals surface area contributed by atoms with E-state index in [0.717, 1.165) is 5.56 Å². The van der Waals surface area contributed by atoms with Crippen LogP contribution in [-0.4, -0.2) is 11.1 Å². The fraction of sp³-hybridized carbons (Fsp3) is 0.222. The van der Waals surface area contributed by atoms with Gasteiger partial charge in [0.2, 0.25) is 0 Å². The molecule has 15 heavy (non-hydrogen) atoms. The van der Waals surface area contributed by atoms with Crippen LogP contribution < -0.4 is 5.43 Å². The summed E-state index contributed by atoms with van der Waals surface area (Å²) in [6.07, 6.45) is 0.611. The van der Waals surface area contributed by atoms with Gasteiger partial charge >= 0.3 is 5.97 Å². The van der Waals surface area contributed by atoms with E-state index in [1.165, 1.54) is 0 Å². The van der Waals surface area contributed by atoms with Crippen LogP contribution in [0.2, 0.25) is 0 Å². The Bertz CT molecular complexity index is 382. The second-order valence-electron chi connectivity index (χ2n) is 2.89. The second-order valence-corrected chi connectivity index (χ2v) is 2.89. The number of carboxylic acid groups (broad SMARTS) is 1. The number of carboxylic acids is 1. The number of azide groups is 1. The fourth-order valence-corrected chi connectivity index (χ4v) is 1.08. The molecule has 0 saturated heterocycles. The first-order valence-corrected chi connectivity index (χ1v) is 4.33. The number of aryl methyl sites for hydroxylation is 1. The molecule has 0 bridgehead atoms. The molecule has 2 N–H and O–H groups in total. The molecule has 0 aliphatic carbocycles. The number of anilines is 1. The van der Waals surface area contributed by atoms with Crippen LogP contribution in [0.25, 0.3) is 10.4 Å². The highest BCUT2D eigenvalue weighted by molar-refractivity contribution is 5.67. The van der Waals surface area contributed by atoms with Gasteiger partial charge < -0.3 is 5.11 Å². The second kappa shape index (κ2) is 5.51. The quantitative estimate of drug-likeness (QED) is 0.334. The lowest BCUT2D eigenvalue weighted by molar-refractivity contribution is -0.136. The maximum atomic E-state index is 10.3. The number of carbonyl (C=O) groups is 1. The van der Waals surface area contributed by atoms with Gasteiger partial charge in [-0.1, -0.05) is 12.1 Å². The summed E-state index contributed by atoms with van der Waals surface area (Å²) in [4.78, 5) is 12.9. The van der Waals surface area contributed by atoms with Gasteiger partial charge in [-0.3, -0.25) is 4.79 Å². The van der Waals surface area contributed by atoms with E-state index in [1.807, 2.05) is 0 Å². The van der Waals surface area contributed by atoms with E-state index >= 15 is 0 Å². The molecule has 0 fully saturated rings. The van der Waals surface area contributed by atoms with E-state index in [1.54, 1.807) is 24.3 Å². The highest BCUT2D eigenvalue weighted by Gasteiger charge is 1.99. The number of benzene rings is 1. The average molecular weight is 206 g/mol. The monoisotopic (exact) mass is 206 g/mol. The molecule has 0 heterocycles. The molecule has 0 radical (unpaired) electrons. The predicted octanol–water partition coefficient (Wildman–Crippen LogP) is 2.34. The van der Waals surface area contributed by atoms with Crippen molar-refractivity contribution in [3.63, 3.8) is 0 Å². The highest BCUT2D eigenvalue weighted by atomic mass is 16.4. The first kappa shape index (κ1) is 10.9. The third-order valence-corrected chi connectivity index (χ3v) is 1.81. The Morgan fingerprint density at radius 2 is 2.13 bits per heavy atom. The van der Waals surface area contributed by atoms with Gasteiger partial charge in [0, 0.05) is 6.42 Å². The lowest BCUT2D eigenvalue weighted by Crippen LogP contribution is -1.97. The summed E-state index contributed by atoms with van der Waals surface area (Å²) in [7, 11) is 0. The normalized spacial score (nSPS) is 9.07. The Morgan fingerprint density at radius 1 is 1.47 bits per heavy atom. The van der Waals surface area contributed by atoms with Gasteiger partial charge in [0.1, 0.15) is 5.69 Å². The molecule has 1 aromatic carbocycles. The third kappa shape index (κ3) is 4.02. The molecular formula is C9H10N4O2. The van der Waals surface area contributed by atoms with Crippen LogP contribution in [0.3, 0.4) is 0 Å². The van der Waals surface area contributed by atoms with Crippen molar-refractivity contribution in [3.05, 3.63) is 40.3 Å². The molecule has 0 unspecified atom stereocenters. The minimum absolute atomic E-state index is 0.114. The van der Waals surface area contributed by atoms with Crippen molar-refractivity contribution < 1.29 is 9.90 Å². The standard InChI is InChI=1S/C9H10N4O2/c10-12-13-11-8-4-1-7(2-5-8)3-6-9(14)15/h1-2,4-5,11H,3,6H2,(H,14,15). The van der Waals surface area contributed by atoms with Gasteiger partial charge in [-0.2, -0.15) is 4.91 Å². The zero-order valence-electron chi connectivity index (χ0n) is 7.92. The summed E-state index contributed by atoms with van der Waals surface area (Å²) < 4.78 is 0. The Kier molecular flexibility index (Phi) is 4.00. The first-order chi connectivity index (χ1) is 7.22. The summed E-state index contributed by atoms with van der Waals surface area (Å²) in [6.45, 7) is 0. The van der Waals surface area contributed by atoms with Crippen LogP contribution in [0.15, 0.2) is 29.5 Å². The molecule has 0 saturated carbocycles. The SMILES string of the molecule is [N-]=[N+]=NNc1ccc(CCC(=O)O)cc1. The van der Waals surface area contributed by atoms with Crippen LogP contribution in [0, 0.1) is 0 Å². The molecule has 0 atom stereocenters. The summed E-state index contributed by atoms with van der Waals surface area (Å²) in [5, 5.41) is 11.7. The summed E-state index contributed by atoms with van der Waals surface area (Å²) in [6, 6.07) is 7.04. The molecule has 0 amide bonds. The van der Waals surface area contributed by atoms with Crippen LogP contribution in [0.5, 0.6) is 0 Å². The number of nitrogens with zero attached hydrogens (tertiary/aromatic N) is 3. The number of nitrogens with one attached hydrogen (secondary N) is 1. The van der Waals surface area contributed by atoms with Gasteiger partial charge in [-0.15, -0.1) is 5.53 Å². The molecule has 6 heteroatoms. The van der Waals surface area contributed by atoms with Gasteiger partial charge in [0.25, 0.3) is 0 Å². The lowest BCUT2D eigenvalue weighted by Gasteiger charge is -1.99. The molecule has 6 nitrogen and oxygen atoms in total. The van der Waals surface area contributed by atoms with Crippen molar-refractivity contribution in [2.45, 2.75) is 12.8 Å². The van der Waals surface area contributed by atoms with Gasteiger partial charge in [0.05, 0.1) is 0 Å². The van der Waals surface area contributed by atoms with E-state index in [0.29, 0.717) is 12.1 Å². The molecule has 0 aliphatic heterocycles. The zero-order chi connectivity index (χ0) is 11.1. The topological polar surface area (TPSA) is 98.1 Å². The van der Waals surface area contributed by atoms with Gasteiger partial charge in [-0.05, 0) is 29.3 Å². The maximum Gasteiger partial charge on any atom is 0.303 e. The molecule has 0 aliphatic rings. The van der Waals surface area contributed by atoms with Gasteiger partial charge in [0.15, 0.2) is 0 Å². The summed E-state index contributed by atoms with van der Waals surface area (Å²) in [5.41, 5.74) is 12.1. The third-order valence-electron chi connectivity index (χ3n) is 1.81. The van der Waals surface area contributed by atoms with Crippen LogP contribution >= 0.6 is 0 Å². The van der Waals surface area contributed by atoms with Crippen LogP contribution in [0.4, 0.5) is 5.69 Å². The highest BCUT2D eigenvalue weighted by Crippen LogP contribution is 2.10. The van der Waals surface area contributed by atoms with Crippen molar-refractivity contribution >= 4 is 11.7 Å². The lowest BCUT2D eigenvalue weighted by atomic mass is 10.1. The Morgan fingerprint density at radius 3 is 2.67 bits per heavy atom. The van der Waals surface area contributed by atoms with Crippen molar-refractivity contribution in [1.29, 1.82) is 0 Å². The van der Waals surface area contributed by atoms with Crippen molar-refractivity contribution in [2.24, 2.45) is 5.22 Å². The number of rotatable bonds is 5. The Labute approximate surface area is 86.1 Å². The minimum Gasteiger partial charge on any atom is -0.481 e. The zero-order valence-corrected chi connectivity index (χ0v) is 7.92. The van der Waals surface area contributed by atoms with Gasteiger partial charge in [-0.25, -0.2) is 5.43 Å². The van der Waals surface area contributed by atoms with E-state index < -0.39 is 5.97 Å². The molecule has 0 spiro atoms. The summed E-state index contributed by atoms with van der Waals surface area (Å²) in [5.74, 6) is -0.814. The molecule has 78 valence electrons. The van der Waals surface area contributed by atoms with Crippen molar-refractivity contribution in [3.8, 4) is 0 Å². The average Bonchev–Trinajstić information content (AvgIpc) is 2.25. The maximum absolute atomic E-state index is 10.3. The molecule has 0 aromatic heterocycles. The van der Waals surface area contributed by atoms with E-state index in [-0.39, 0.29) is 6.42 Å². The summed E-state index contributed by atoms with van der Waals surface area (Å²) >= 11 is 0. The first-order valence-electron chi connectivity index (χ1n) is 4.33. The van der Waals surface area contributed by atoms with Crippen molar-refractivity contribution in [2.75, 3.05) is 5.43 Å². The van der Waals surface area contributed by atoms with E-state index in [9.17, 15) is 4.79 Å². The predicted molar refractivity (Wildman–Crippen MR) is 55.2 cm³/mol. The van der Waals surface area contributed by atoms with Crippen LogP contribution in [0.1, 0.15) is 12.0 Å². The van der Waals surface area contributed by atoms with E-state index in [4.69, 9.17) is 10.6 Å². The van der Waals surface area contributed by atoms with Crippen LogP contribution in [-0.2, 0) is 11.2 Å². The smallest absolute Gasteiger partial charge is 0.303 e. The Hall–Kier alpha value is -2.20. The van der Waals surface area contributed by atoms with Crippen molar-refractivity contribution in [1.82, 2.24) is 0 Å². The fourth-order valence-electron chi connectivity index (χ4n) is 1.08. The number of hydrogen-bond donors (Lipinski definition) is 2. The number of hydrogen-bond acceptors (Lipinski definition) is 2.